The number of carbonyl (C=O) groups excluding carboxylic acids is 1. The van der Waals surface area contributed by atoms with Crippen molar-refractivity contribution in [1.82, 2.24) is 9.62 Å². The van der Waals surface area contributed by atoms with Gasteiger partial charge in [0.25, 0.3) is 0 Å². The standard InChI is InChI=1S/C22H28N2O4S/c1-17-8-9-18(2)21(16-17)28-15-12-22(25)24-13-10-19(11-14-24)23-29(26,27)20-6-4-3-5-7-20/h3-9,16,19,23H,10-15H2,1-2H3. The van der Waals surface area contributed by atoms with Gasteiger partial charge in [-0.3, -0.25) is 4.79 Å². The Morgan fingerprint density at radius 1 is 1.10 bits per heavy atom. The first-order chi connectivity index (χ1) is 13.8. The molecule has 2 aromatic rings. The number of likely N-dealkylation sites (tertiary alicyclic amines) is 1. The van der Waals surface area contributed by atoms with Crippen LogP contribution in [0.5, 0.6) is 5.75 Å². The van der Waals surface area contributed by atoms with E-state index >= 15 is 0 Å². The minimum absolute atomic E-state index is 0.0414. The highest BCUT2D eigenvalue weighted by molar-refractivity contribution is 7.89. The number of benzene rings is 2. The summed E-state index contributed by atoms with van der Waals surface area (Å²) in [5.74, 6) is 0.853. The fraction of sp³-hybridized carbons (Fsp3) is 0.409. The van der Waals surface area contributed by atoms with Crippen LogP contribution in [-0.2, 0) is 14.8 Å². The summed E-state index contributed by atoms with van der Waals surface area (Å²) in [5.41, 5.74) is 2.17. The number of sulfonamides is 1. The number of amides is 1. The maximum atomic E-state index is 12.5. The molecule has 7 heteroatoms. The summed E-state index contributed by atoms with van der Waals surface area (Å²) >= 11 is 0. The first-order valence-electron chi connectivity index (χ1n) is 9.90. The molecule has 2 aromatic carbocycles. The number of hydrogen-bond acceptors (Lipinski definition) is 4. The molecule has 0 aliphatic carbocycles. The summed E-state index contributed by atoms with van der Waals surface area (Å²) < 4.78 is 33.4. The highest BCUT2D eigenvalue weighted by Crippen LogP contribution is 2.20. The van der Waals surface area contributed by atoms with Crippen molar-refractivity contribution in [2.45, 2.75) is 44.0 Å². The Morgan fingerprint density at radius 2 is 1.79 bits per heavy atom. The van der Waals surface area contributed by atoms with E-state index in [1.54, 1.807) is 35.2 Å². The molecule has 156 valence electrons. The van der Waals surface area contributed by atoms with Gasteiger partial charge in [0.05, 0.1) is 17.9 Å². The summed E-state index contributed by atoms with van der Waals surface area (Å²) in [6.07, 6.45) is 1.53. The molecule has 1 amide bonds. The number of piperidine rings is 1. The molecule has 1 aliphatic heterocycles. The zero-order chi connectivity index (χ0) is 20.9. The van der Waals surface area contributed by atoms with E-state index < -0.39 is 10.0 Å². The quantitative estimate of drug-likeness (QED) is 0.753. The van der Waals surface area contributed by atoms with E-state index in [0.717, 1.165) is 16.9 Å². The maximum absolute atomic E-state index is 12.5. The Labute approximate surface area is 172 Å². The van der Waals surface area contributed by atoms with Crippen LogP contribution in [-0.4, -0.2) is 45.0 Å². The lowest BCUT2D eigenvalue weighted by molar-refractivity contribution is -0.132. The SMILES string of the molecule is Cc1ccc(C)c(OCCC(=O)N2CCC(NS(=O)(=O)c3ccccc3)CC2)c1. The Hall–Kier alpha value is -2.38. The lowest BCUT2D eigenvalue weighted by Gasteiger charge is -2.32. The zero-order valence-electron chi connectivity index (χ0n) is 16.9. The van der Waals surface area contributed by atoms with Gasteiger partial charge in [0.2, 0.25) is 15.9 Å². The fourth-order valence-electron chi connectivity index (χ4n) is 3.40. The first-order valence-corrected chi connectivity index (χ1v) is 11.4. The molecule has 0 unspecified atom stereocenters. The number of nitrogens with one attached hydrogen (secondary N) is 1. The molecule has 1 N–H and O–H groups in total. The second-order valence-corrected chi connectivity index (χ2v) is 9.17. The normalized spacial score (nSPS) is 15.3. The van der Waals surface area contributed by atoms with Gasteiger partial charge in [-0.25, -0.2) is 13.1 Å². The predicted octanol–water partition coefficient (Wildman–Crippen LogP) is 3.04. The molecule has 29 heavy (non-hydrogen) atoms. The number of rotatable bonds is 7. The summed E-state index contributed by atoms with van der Waals surface area (Å²) in [6.45, 7) is 5.42. The fourth-order valence-corrected chi connectivity index (χ4v) is 4.73. The van der Waals surface area contributed by atoms with Gasteiger partial charge >= 0.3 is 0 Å². The van der Waals surface area contributed by atoms with Crippen molar-refractivity contribution < 1.29 is 17.9 Å². The molecule has 3 rings (SSSR count). The van der Waals surface area contributed by atoms with Crippen LogP contribution in [0.3, 0.4) is 0 Å². The third-order valence-electron chi connectivity index (χ3n) is 5.14. The highest BCUT2D eigenvalue weighted by atomic mass is 32.2. The summed E-state index contributed by atoms with van der Waals surface area (Å²) in [5, 5.41) is 0. The van der Waals surface area contributed by atoms with Gasteiger partial charge in [-0.05, 0) is 56.0 Å². The number of carbonyl (C=O) groups is 1. The van der Waals surface area contributed by atoms with Crippen LogP contribution in [0.2, 0.25) is 0 Å². The van der Waals surface area contributed by atoms with E-state index in [1.807, 2.05) is 32.0 Å². The topological polar surface area (TPSA) is 75.7 Å². The van der Waals surface area contributed by atoms with E-state index in [2.05, 4.69) is 4.72 Å². The molecule has 0 radical (unpaired) electrons. The van der Waals surface area contributed by atoms with Gasteiger partial charge in [0.1, 0.15) is 5.75 Å². The lowest BCUT2D eigenvalue weighted by atomic mass is 10.1. The smallest absolute Gasteiger partial charge is 0.240 e. The molecule has 0 aromatic heterocycles. The molecular weight excluding hydrogens is 388 g/mol. The van der Waals surface area contributed by atoms with E-state index in [4.69, 9.17) is 4.74 Å². The van der Waals surface area contributed by atoms with Crippen LogP contribution in [0.4, 0.5) is 0 Å². The molecule has 6 nitrogen and oxygen atoms in total. The van der Waals surface area contributed by atoms with Crippen LogP contribution in [0.15, 0.2) is 53.4 Å². The van der Waals surface area contributed by atoms with Crippen molar-refractivity contribution in [3.05, 3.63) is 59.7 Å². The molecule has 0 atom stereocenters. The summed E-state index contributed by atoms with van der Waals surface area (Å²) in [7, 11) is -3.52. The molecule has 1 aliphatic rings. The first kappa shape index (κ1) is 21.3. The second kappa shape index (κ2) is 9.41. The van der Waals surface area contributed by atoms with Crippen LogP contribution >= 0.6 is 0 Å². The molecular formula is C22H28N2O4S. The van der Waals surface area contributed by atoms with Gasteiger partial charge in [0.15, 0.2) is 0 Å². The molecule has 1 saturated heterocycles. The monoisotopic (exact) mass is 416 g/mol. The minimum atomic E-state index is -3.52. The molecule has 0 saturated carbocycles. The third-order valence-corrected chi connectivity index (χ3v) is 6.68. The number of nitrogens with zero attached hydrogens (tertiary/aromatic N) is 1. The van der Waals surface area contributed by atoms with Gasteiger partial charge in [0, 0.05) is 19.1 Å². The van der Waals surface area contributed by atoms with Crippen molar-refractivity contribution in [3.63, 3.8) is 0 Å². The van der Waals surface area contributed by atoms with Crippen molar-refractivity contribution in [2.24, 2.45) is 0 Å². The van der Waals surface area contributed by atoms with Crippen molar-refractivity contribution in [2.75, 3.05) is 19.7 Å². The lowest BCUT2D eigenvalue weighted by Crippen LogP contribution is -2.46. The molecule has 1 heterocycles. The number of ether oxygens (including phenoxy) is 1. The second-order valence-electron chi connectivity index (χ2n) is 7.46. The summed E-state index contributed by atoms with van der Waals surface area (Å²) in [6, 6.07) is 14.2. The third kappa shape index (κ3) is 5.81. The zero-order valence-corrected chi connectivity index (χ0v) is 17.7. The average molecular weight is 417 g/mol. The van der Waals surface area contributed by atoms with Crippen LogP contribution < -0.4 is 9.46 Å². The van der Waals surface area contributed by atoms with Gasteiger partial charge in [-0.15, -0.1) is 0 Å². The Kier molecular flexibility index (Phi) is 6.92. The number of hydrogen-bond donors (Lipinski definition) is 1. The van der Waals surface area contributed by atoms with Crippen molar-refractivity contribution in [1.29, 1.82) is 0 Å². The van der Waals surface area contributed by atoms with Gasteiger partial charge in [-0.1, -0.05) is 30.3 Å². The van der Waals surface area contributed by atoms with Crippen LogP contribution in [0.1, 0.15) is 30.4 Å². The van der Waals surface area contributed by atoms with Gasteiger partial charge < -0.3 is 9.64 Å². The van der Waals surface area contributed by atoms with E-state index in [1.165, 1.54) is 0 Å². The Balaban J connectivity index is 1.44. The van der Waals surface area contributed by atoms with E-state index in [-0.39, 0.29) is 16.8 Å². The van der Waals surface area contributed by atoms with Gasteiger partial charge in [-0.2, -0.15) is 0 Å². The maximum Gasteiger partial charge on any atom is 0.240 e. The summed E-state index contributed by atoms with van der Waals surface area (Å²) in [4.78, 5) is 14.5. The molecule has 0 bridgehead atoms. The molecule has 0 spiro atoms. The Bertz CT molecular complexity index is 937. The largest absolute Gasteiger partial charge is 0.493 e. The van der Waals surface area contributed by atoms with Crippen LogP contribution in [0.25, 0.3) is 0 Å². The minimum Gasteiger partial charge on any atom is -0.493 e. The predicted molar refractivity (Wildman–Crippen MR) is 112 cm³/mol. The van der Waals surface area contributed by atoms with E-state index in [0.29, 0.717) is 39.0 Å². The molecule has 1 fully saturated rings. The van der Waals surface area contributed by atoms with Crippen molar-refractivity contribution in [3.8, 4) is 5.75 Å². The Morgan fingerprint density at radius 3 is 2.48 bits per heavy atom. The van der Waals surface area contributed by atoms with Crippen LogP contribution in [0, 0.1) is 13.8 Å². The number of aryl methyl sites for hydroxylation is 2. The highest BCUT2D eigenvalue weighted by Gasteiger charge is 2.26. The van der Waals surface area contributed by atoms with E-state index in [9.17, 15) is 13.2 Å². The van der Waals surface area contributed by atoms with Crippen molar-refractivity contribution >= 4 is 15.9 Å². The average Bonchev–Trinajstić information content (AvgIpc) is 2.71.